The molecular formula is C18H17FN2O3S2. The highest BCUT2D eigenvalue weighted by molar-refractivity contribution is 8.14. The zero-order chi connectivity index (χ0) is 18.7. The zero-order valence-corrected chi connectivity index (χ0v) is 15.6. The van der Waals surface area contributed by atoms with E-state index < -0.39 is 21.9 Å². The Hall–Kier alpha value is -2.03. The monoisotopic (exact) mass is 392 g/mol. The van der Waals surface area contributed by atoms with Gasteiger partial charge in [0, 0.05) is 24.5 Å². The van der Waals surface area contributed by atoms with Crippen molar-refractivity contribution in [1.29, 1.82) is 0 Å². The van der Waals surface area contributed by atoms with Gasteiger partial charge in [-0.15, -0.1) is 0 Å². The first-order valence-electron chi connectivity index (χ1n) is 7.99. The van der Waals surface area contributed by atoms with Crippen LogP contribution < -0.4 is 0 Å². The van der Waals surface area contributed by atoms with Crippen LogP contribution in [0.2, 0.25) is 0 Å². The van der Waals surface area contributed by atoms with E-state index in [1.54, 1.807) is 30.6 Å². The maximum atomic E-state index is 13.2. The molecule has 0 fully saturated rings. The molecule has 2 heterocycles. The van der Waals surface area contributed by atoms with Gasteiger partial charge in [0.05, 0.1) is 10.9 Å². The van der Waals surface area contributed by atoms with Gasteiger partial charge in [-0.25, -0.2) is 12.8 Å². The van der Waals surface area contributed by atoms with Gasteiger partial charge < -0.3 is 0 Å². The maximum absolute atomic E-state index is 13.2. The van der Waals surface area contributed by atoms with E-state index in [0.29, 0.717) is 16.9 Å². The molecule has 2 aromatic rings. The van der Waals surface area contributed by atoms with E-state index in [1.807, 2.05) is 6.92 Å². The minimum Gasteiger partial charge on any atom is -0.282 e. The molecule has 0 aliphatic carbocycles. The summed E-state index contributed by atoms with van der Waals surface area (Å²) in [5, 5.41) is -0.154. The van der Waals surface area contributed by atoms with Crippen LogP contribution in [0.3, 0.4) is 0 Å². The molecule has 0 N–H and O–H groups in total. The van der Waals surface area contributed by atoms with Crippen LogP contribution in [0.4, 0.5) is 4.39 Å². The number of rotatable bonds is 5. The van der Waals surface area contributed by atoms with Crippen LogP contribution >= 0.6 is 11.8 Å². The van der Waals surface area contributed by atoms with E-state index in [-0.39, 0.29) is 16.6 Å². The first-order valence-corrected chi connectivity index (χ1v) is 10.4. The summed E-state index contributed by atoms with van der Waals surface area (Å²) < 4.78 is 40.6. The second kappa shape index (κ2) is 7.69. The highest BCUT2D eigenvalue weighted by Crippen LogP contribution is 2.39. The lowest BCUT2D eigenvalue weighted by Crippen LogP contribution is -2.33. The van der Waals surface area contributed by atoms with E-state index in [0.717, 1.165) is 23.9 Å². The molecule has 0 unspecified atom stereocenters. The fraction of sp³-hybridized carbons (Fsp3) is 0.222. The summed E-state index contributed by atoms with van der Waals surface area (Å²) in [6.07, 6.45) is 4.79. The number of pyridine rings is 1. The fourth-order valence-corrected chi connectivity index (χ4v) is 4.99. The standard InChI is InChI=1S/C18H17FN2O3S2/c1-2-25-18(22)16-9-11-21(17(16)13-4-3-10-20-12-13)26(23,24)15-7-5-14(19)6-8-15/h3-10,12,17H,2,11H2,1H3/t17-/m0/s1. The van der Waals surface area contributed by atoms with Gasteiger partial charge in [-0.05, 0) is 41.6 Å². The number of thioether (sulfide) groups is 1. The summed E-state index contributed by atoms with van der Waals surface area (Å²) in [7, 11) is -3.91. The summed E-state index contributed by atoms with van der Waals surface area (Å²) in [5.74, 6) is 0.0863. The van der Waals surface area contributed by atoms with Gasteiger partial charge in [0.15, 0.2) is 0 Å². The molecular weight excluding hydrogens is 375 g/mol. The predicted molar refractivity (Wildman–Crippen MR) is 98.5 cm³/mol. The van der Waals surface area contributed by atoms with Gasteiger partial charge in [0.25, 0.3) is 0 Å². The van der Waals surface area contributed by atoms with Crippen molar-refractivity contribution in [2.75, 3.05) is 12.3 Å². The Bertz CT molecular complexity index is 929. The molecule has 5 nitrogen and oxygen atoms in total. The second-order valence-corrected chi connectivity index (χ2v) is 8.72. The van der Waals surface area contributed by atoms with Crippen molar-refractivity contribution < 1.29 is 17.6 Å². The minimum absolute atomic E-state index is 0.0157. The summed E-state index contributed by atoms with van der Waals surface area (Å²) in [5.41, 5.74) is 1.04. The van der Waals surface area contributed by atoms with Gasteiger partial charge in [0.2, 0.25) is 15.1 Å². The molecule has 0 amide bonds. The van der Waals surface area contributed by atoms with Crippen LogP contribution in [0.15, 0.2) is 65.3 Å². The summed E-state index contributed by atoms with van der Waals surface area (Å²) in [6.45, 7) is 1.94. The number of aromatic nitrogens is 1. The fourth-order valence-electron chi connectivity index (χ4n) is 2.83. The highest BCUT2D eigenvalue weighted by Gasteiger charge is 2.40. The van der Waals surface area contributed by atoms with Crippen molar-refractivity contribution in [2.24, 2.45) is 0 Å². The summed E-state index contributed by atoms with van der Waals surface area (Å²) >= 11 is 1.14. The van der Waals surface area contributed by atoms with E-state index in [4.69, 9.17) is 0 Å². The van der Waals surface area contributed by atoms with E-state index in [1.165, 1.54) is 16.4 Å². The molecule has 1 atom stereocenters. The van der Waals surface area contributed by atoms with Gasteiger partial charge >= 0.3 is 0 Å². The third kappa shape index (κ3) is 3.58. The molecule has 8 heteroatoms. The van der Waals surface area contributed by atoms with Crippen molar-refractivity contribution in [2.45, 2.75) is 17.9 Å². The molecule has 0 radical (unpaired) electrons. The topological polar surface area (TPSA) is 67.3 Å². The molecule has 3 rings (SSSR count). The van der Waals surface area contributed by atoms with Crippen molar-refractivity contribution in [3.05, 3.63) is 71.8 Å². The number of hydrogen-bond acceptors (Lipinski definition) is 5. The SMILES string of the molecule is CCSC(=O)C1=CCN(S(=O)(=O)c2ccc(F)cc2)[C@H]1c1cccnc1. The van der Waals surface area contributed by atoms with Crippen LogP contribution in [0, 0.1) is 5.82 Å². The van der Waals surface area contributed by atoms with Crippen LogP contribution in [-0.2, 0) is 14.8 Å². The Morgan fingerprint density at radius 1 is 1.31 bits per heavy atom. The quantitative estimate of drug-likeness (QED) is 0.782. The molecule has 1 aromatic heterocycles. The van der Waals surface area contributed by atoms with Crippen molar-refractivity contribution in [3.63, 3.8) is 0 Å². The van der Waals surface area contributed by atoms with Crippen molar-refractivity contribution in [3.8, 4) is 0 Å². The number of nitrogens with zero attached hydrogens (tertiary/aromatic N) is 2. The molecule has 0 bridgehead atoms. The van der Waals surface area contributed by atoms with Gasteiger partial charge in [0.1, 0.15) is 5.82 Å². The molecule has 26 heavy (non-hydrogen) atoms. The maximum Gasteiger partial charge on any atom is 0.244 e. The third-order valence-corrected chi connectivity index (χ3v) is 6.64. The average molecular weight is 392 g/mol. The minimum atomic E-state index is -3.91. The second-order valence-electron chi connectivity index (χ2n) is 5.60. The Balaban J connectivity index is 2.03. The zero-order valence-electron chi connectivity index (χ0n) is 14.0. The smallest absolute Gasteiger partial charge is 0.244 e. The lowest BCUT2D eigenvalue weighted by atomic mass is 10.0. The largest absolute Gasteiger partial charge is 0.282 e. The molecule has 1 aliphatic heterocycles. The lowest BCUT2D eigenvalue weighted by Gasteiger charge is -2.26. The average Bonchev–Trinajstić information content (AvgIpc) is 3.09. The molecule has 1 aromatic carbocycles. The molecule has 1 aliphatic rings. The Kier molecular flexibility index (Phi) is 5.55. The lowest BCUT2D eigenvalue weighted by molar-refractivity contribution is -0.108. The molecule has 0 saturated heterocycles. The number of hydrogen-bond donors (Lipinski definition) is 0. The normalized spacial score (nSPS) is 17.9. The third-order valence-electron chi connectivity index (χ3n) is 4.01. The van der Waals surface area contributed by atoms with Crippen molar-refractivity contribution >= 4 is 26.9 Å². The van der Waals surface area contributed by atoms with Gasteiger partial charge in [-0.3, -0.25) is 9.78 Å². The number of sulfonamides is 1. The van der Waals surface area contributed by atoms with Crippen molar-refractivity contribution in [1.82, 2.24) is 9.29 Å². The molecule has 0 spiro atoms. The first-order chi connectivity index (χ1) is 12.4. The Morgan fingerprint density at radius 3 is 2.65 bits per heavy atom. The van der Waals surface area contributed by atoms with E-state index in [9.17, 15) is 17.6 Å². The Labute approximate surface area is 156 Å². The molecule has 136 valence electrons. The highest BCUT2D eigenvalue weighted by atomic mass is 32.2. The van der Waals surface area contributed by atoms with Gasteiger partial charge in [-0.2, -0.15) is 4.31 Å². The first kappa shape index (κ1) is 18.8. The van der Waals surface area contributed by atoms with Crippen LogP contribution in [0.5, 0.6) is 0 Å². The number of benzene rings is 1. The predicted octanol–water partition coefficient (Wildman–Crippen LogP) is 3.17. The van der Waals surface area contributed by atoms with Gasteiger partial charge in [-0.1, -0.05) is 30.8 Å². The number of carbonyl (C=O) groups is 1. The van der Waals surface area contributed by atoms with Crippen LogP contribution in [-0.4, -0.2) is 35.1 Å². The Morgan fingerprint density at radius 2 is 2.04 bits per heavy atom. The summed E-state index contributed by atoms with van der Waals surface area (Å²) in [4.78, 5) is 16.5. The van der Waals surface area contributed by atoms with Crippen LogP contribution in [0.1, 0.15) is 18.5 Å². The molecule has 0 saturated carbocycles. The number of carbonyl (C=O) groups excluding carboxylic acids is 1. The van der Waals surface area contributed by atoms with E-state index >= 15 is 0 Å². The summed E-state index contributed by atoms with van der Waals surface area (Å²) in [6, 6.07) is 7.37. The van der Waals surface area contributed by atoms with E-state index in [2.05, 4.69) is 4.98 Å². The number of halogens is 1. The van der Waals surface area contributed by atoms with Crippen LogP contribution in [0.25, 0.3) is 0 Å².